The summed E-state index contributed by atoms with van der Waals surface area (Å²) in [4.78, 5) is 26.2. The van der Waals surface area contributed by atoms with Crippen LogP contribution in [0.4, 0.5) is 19.0 Å². The number of fused-ring (bicyclic) bond motifs is 1. The predicted molar refractivity (Wildman–Crippen MR) is 114 cm³/mol. The van der Waals surface area contributed by atoms with E-state index in [1.807, 2.05) is 0 Å². The highest BCUT2D eigenvalue weighted by Gasteiger charge is 2.36. The van der Waals surface area contributed by atoms with Crippen LogP contribution in [0.2, 0.25) is 0 Å². The number of likely N-dealkylation sites (tertiary alicyclic amines) is 1. The standard InChI is InChI=1S/C22H28F3N5O2/c1-13(31)14-3-6-17(7-4-14)30-11-16(12-30)27-20(32)10-26-21-18-9-15(22(23,24)25)5-8-19(18)29(2)28-21/h5,8-9,14,16-17H,3-4,6-7,10-12H2,1-2H3,(H,26,28)(H,27,32). The molecule has 1 aliphatic heterocycles. The SMILES string of the molecule is CC(=O)C1CCC(N2CC(NC(=O)CNc3nn(C)c4ccc(C(F)(F)F)cc34)C2)CC1. The third kappa shape index (κ3) is 4.74. The van der Waals surface area contributed by atoms with E-state index in [1.165, 1.54) is 10.7 Å². The minimum atomic E-state index is -4.44. The molecule has 4 rings (SSSR count). The number of alkyl halides is 3. The summed E-state index contributed by atoms with van der Waals surface area (Å²) >= 11 is 0. The van der Waals surface area contributed by atoms with Crippen LogP contribution >= 0.6 is 0 Å². The molecule has 0 unspecified atom stereocenters. The highest BCUT2D eigenvalue weighted by molar-refractivity contribution is 5.92. The molecular formula is C22H28F3N5O2. The molecular weight excluding hydrogens is 423 g/mol. The van der Waals surface area contributed by atoms with Crippen molar-refractivity contribution in [2.75, 3.05) is 25.0 Å². The zero-order valence-corrected chi connectivity index (χ0v) is 18.2. The quantitative estimate of drug-likeness (QED) is 0.706. The zero-order chi connectivity index (χ0) is 23.0. The third-order valence-corrected chi connectivity index (χ3v) is 6.66. The Morgan fingerprint density at radius 3 is 2.47 bits per heavy atom. The van der Waals surface area contributed by atoms with Gasteiger partial charge >= 0.3 is 6.18 Å². The Labute approximate surface area is 184 Å². The Morgan fingerprint density at radius 2 is 1.84 bits per heavy atom. The number of rotatable bonds is 6. The lowest BCUT2D eigenvalue weighted by Crippen LogP contribution is -2.63. The topological polar surface area (TPSA) is 79.3 Å². The fourth-order valence-corrected chi connectivity index (χ4v) is 4.76. The van der Waals surface area contributed by atoms with E-state index in [1.54, 1.807) is 14.0 Å². The Bertz CT molecular complexity index is 1000. The van der Waals surface area contributed by atoms with Crippen LogP contribution in [0.25, 0.3) is 10.9 Å². The van der Waals surface area contributed by atoms with Crippen LogP contribution in [-0.4, -0.2) is 58.1 Å². The van der Waals surface area contributed by atoms with E-state index in [9.17, 15) is 22.8 Å². The van der Waals surface area contributed by atoms with E-state index in [-0.39, 0.29) is 36.0 Å². The van der Waals surface area contributed by atoms with Crippen LogP contribution in [0.5, 0.6) is 0 Å². The molecule has 0 spiro atoms. The van der Waals surface area contributed by atoms with Gasteiger partial charge in [-0.25, -0.2) is 0 Å². The minimum absolute atomic E-state index is 0.0622. The maximum absolute atomic E-state index is 13.0. The van der Waals surface area contributed by atoms with Gasteiger partial charge in [-0.1, -0.05) is 0 Å². The summed E-state index contributed by atoms with van der Waals surface area (Å²) in [5, 5.41) is 10.4. The number of nitrogens with one attached hydrogen (secondary N) is 2. The van der Waals surface area contributed by atoms with Crippen molar-refractivity contribution in [2.45, 2.75) is 50.9 Å². The van der Waals surface area contributed by atoms with Crippen molar-refractivity contribution in [2.24, 2.45) is 13.0 Å². The van der Waals surface area contributed by atoms with Gasteiger partial charge in [0.15, 0.2) is 5.82 Å². The molecule has 0 atom stereocenters. The van der Waals surface area contributed by atoms with Crippen molar-refractivity contribution >= 4 is 28.4 Å². The number of hydrogen-bond acceptors (Lipinski definition) is 5. The van der Waals surface area contributed by atoms with E-state index in [0.29, 0.717) is 16.9 Å². The number of hydrogen-bond donors (Lipinski definition) is 2. The molecule has 1 saturated carbocycles. The summed E-state index contributed by atoms with van der Waals surface area (Å²) in [6.45, 7) is 3.16. The van der Waals surface area contributed by atoms with E-state index in [4.69, 9.17) is 0 Å². The number of aromatic nitrogens is 2. The number of amides is 1. The lowest BCUT2D eigenvalue weighted by atomic mass is 9.82. The molecule has 7 nitrogen and oxygen atoms in total. The monoisotopic (exact) mass is 451 g/mol. The Kier molecular flexibility index (Phi) is 6.15. The van der Waals surface area contributed by atoms with Gasteiger partial charge in [0.05, 0.1) is 23.7 Å². The second-order valence-corrected chi connectivity index (χ2v) is 8.89. The Hall–Kier alpha value is -2.62. The second-order valence-electron chi connectivity index (χ2n) is 8.89. The maximum Gasteiger partial charge on any atom is 0.416 e. The average Bonchev–Trinajstić information content (AvgIpc) is 3.03. The minimum Gasteiger partial charge on any atom is -0.359 e. The Morgan fingerprint density at radius 1 is 1.16 bits per heavy atom. The number of aryl methyl sites for hydroxylation is 1. The summed E-state index contributed by atoms with van der Waals surface area (Å²) in [6.07, 6.45) is -0.546. The molecule has 1 aromatic carbocycles. The zero-order valence-electron chi connectivity index (χ0n) is 18.2. The van der Waals surface area contributed by atoms with Crippen molar-refractivity contribution in [3.8, 4) is 0 Å². The predicted octanol–water partition coefficient (Wildman–Crippen LogP) is 2.95. The average molecular weight is 451 g/mol. The molecule has 32 heavy (non-hydrogen) atoms. The molecule has 2 aliphatic rings. The maximum atomic E-state index is 13.0. The van der Waals surface area contributed by atoms with Crippen LogP contribution in [0.3, 0.4) is 0 Å². The van der Waals surface area contributed by atoms with Gasteiger partial charge in [-0.2, -0.15) is 18.3 Å². The summed E-state index contributed by atoms with van der Waals surface area (Å²) in [5.41, 5.74) is -0.201. The highest BCUT2D eigenvalue weighted by Crippen LogP contribution is 2.33. The summed E-state index contributed by atoms with van der Waals surface area (Å²) in [6, 6.07) is 3.98. The van der Waals surface area contributed by atoms with Gasteiger partial charge in [-0.3, -0.25) is 19.2 Å². The van der Waals surface area contributed by atoms with Gasteiger partial charge in [-0.15, -0.1) is 0 Å². The number of halogens is 3. The molecule has 1 saturated heterocycles. The number of benzene rings is 1. The number of carbonyl (C=O) groups excluding carboxylic acids is 2. The first-order valence-corrected chi connectivity index (χ1v) is 10.9. The number of anilines is 1. The largest absolute Gasteiger partial charge is 0.416 e. The van der Waals surface area contributed by atoms with Crippen LogP contribution in [0.1, 0.15) is 38.2 Å². The first kappa shape index (κ1) is 22.6. The molecule has 10 heteroatoms. The molecule has 0 radical (unpaired) electrons. The molecule has 2 aromatic rings. The van der Waals surface area contributed by atoms with Gasteiger partial charge in [0, 0.05) is 37.5 Å². The first-order valence-electron chi connectivity index (χ1n) is 10.9. The summed E-state index contributed by atoms with van der Waals surface area (Å²) in [7, 11) is 1.65. The lowest BCUT2D eigenvalue weighted by Gasteiger charge is -2.46. The lowest BCUT2D eigenvalue weighted by molar-refractivity contribution is -0.137. The summed E-state index contributed by atoms with van der Waals surface area (Å²) < 4.78 is 40.6. The third-order valence-electron chi connectivity index (χ3n) is 6.66. The van der Waals surface area contributed by atoms with Crippen LogP contribution in [0, 0.1) is 5.92 Å². The van der Waals surface area contributed by atoms with Gasteiger partial charge in [0.2, 0.25) is 5.91 Å². The normalized spacial score (nSPS) is 22.5. The van der Waals surface area contributed by atoms with Crippen molar-refractivity contribution in [3.63, 3.8) is 0 Å². The second kappa shape index (κ2) is 8.73. The van der Waals surface area contributed by atoms with Crippen molar-refractivity contribution < 1.29 is 22.8 Å². The van der Waals surface area contributed by atoms with Crippen molar-refractivity contribution in [1.82, 2.24) is 20.0 Å². The highest BCUT2D eigenvalue weighted by atomic mass is 19.4. The van der Waals surface area contributed by atoms with Crippen molar-refractivity contribution in [1.29, 1.82) is 0 Å². The number of Topliss-reactive ketones (excluding diaryl/α,β-unsaturated/α-hetero) is 1. The number of carbonyl (C=O) groups is 2. The van der Waals surface area contributed by atoms with E-state index >= 15 is 0 Å². The number of ketones is 1. The number of nitrogens with zero attached hydrogens (tertiary/aromatic N) is 3. The van der Waals surface area contributed by atoms with E-state index in [0.717, 1.165) is 50.9 Å². The Balaban J connectivity index is 1.26. The van der Waals surface area contributed by atoms with Gasteiger partial charge in [0.1, 0.15) is 5.78 Å². The molecule has 1 aliphatic carbocycles. The van der Waals surface area contributed by atoms with Gasteiger partial charge in [-0.05, 0) is 50.8 Å². The van der Waals surface area contributed by atoms with Crippen LogP contribution < -0.4 is 10.6 Å². The van der Waals surface area contributed by atoms with Crippen LogP contribution in [0.15, 0.2) is 18.2 Å². The molecule has 0 bridgehead atoms. The first-order chi connectivity index (χ1) is 15.1. The smallest absolute Gasteiger partial charge is 0.359 e. The summed E-state index contributed by atoms with van der Waals surface area (Å²) in [5.74, 6) is 0.505. The van der Waals surface area contributed by atoms with E-state index in [2.05, 4.69) is 20.6 Å². The molecule has 174 valence electrons. The van der Waals surface area contributed by atoms with E-state index < -0.39 is 11.7 Å². The fraction of sp³-hybridized carbons (Fsp3) is 0.591. The van der Waals surface area contributed by atoms with Crippen molar-refractivity contribution in [3.05, 3.63) is 23.8 Å². The molecule has 2 N–H and O–H groups in total. The molecule has 1 amide bonds. The fourth-order valence-electron chi connectivity index (χ4n) is 4.76. The molecule has 2 fully saturated rings. The van der Waals surface area contributed by atoms with Crippen LogP contribution in [-0.2, 0) is 22.8 Å². The van der Waals surface area contributed by atoms with Gasteiger partial charge < -0.3 is 10.6 Å². The molecule has 1 aromatic heterocycles. The molecule has 2 heterocycles. The van der Waals surface area contributed by atoms with Gasteiger partial charge in [0.25, 0.3) is 0 Å².